The standard InChI is InChI=1S/C17H15NO2/c18-12-15-6-4-13(5-7-15)2-1-3-14-8-10-16(11-9-14)17(19)20/h4-11H,1-3H2,(H,19,20). The smallest absolute Gasteiger partial charge is 0.335 e. The van der Waals surface area contributed by atoms with E-state index in [2.05, 4.69) is 6.07 Å². The minimum absolute atomic E-state index is 0.320. The molecule has 100 valence electrons. The molecule has 0 aromatic heterocycles. The van der Waals surface area contributed by atoms with Crippen LogP contribution in [0.4, 0.5) is 0 Å². The van der Waals surface area contributed by atoms with E-state index in [-0.39, 0.29) is 0 Å². The number of carboxylic acids is 1. The number of carbonyl (C=O) groups is 1. The van der Waals surface area contributed by atoms with Crippen molar-refractivity contribution in [2.45, 2.75) is 19.3 Å². The number of rotatable bonds is 5. The van der Waals surface area contributed by atoms with Gasteiger partial charge in [-0.3, -0.25) is 0 Å². The molecule has 0 bridgehead atoms. The maximum atomic E-state index is 10.7. The minimum Gasteiger partial charge on any atom is -0.478 e. The minimum atomic E-state index is -0.894. The highest BCUT2D eigenvalue weighted by Crippen LogP contribution is 2.11. The van der Waals surface area contributed by atoms with Crippen molar-refractivity contribution in [1.82, 2.24) is 0 Å². The number of carboxylic acid groups (broad SMARTS) is 1. The van der Waals surface area contributed by atoms with Crippen LogP contribution in [0.5, 0.6) is 0 Å². The molecule has 0 spiro atoms. The summed E-state index contributed by atoms with van der Waals surface area (Å²) in [5.74, 6) is -0.894. The van der Waals surface area contributed by atoms with E-state index in [1.807, 2.05) is 36.4 Å². The van der Waals surface area contributed by atoms with E-state index in [0.29, 0.717) is 11.1 Å². The number of hydrogen-bond donors (Lipinski definition) is 1. The zero-order valence-corrected chi connectivity index (χ0v) is 11.0. The van der Waals surface area contributed by atoms with Crippen molar-refractivity contribution in [2.75, 3.05) is 0 Å². The van der Waals surface area contributed by atoms with Crippen LogP contribution in [0.25, 0.3) is 0 Å². The highest BCUT2D eigenvalue weighted by Gasteiger charge is 2.02. The van der Waals surface area contributed by atoms with Crippen LogP contribution in [0.15, 0.2) is 48.5 Å². The van der Waals surface area contributed by atoms with E-state index in [1.54, 1.807) is 12.1 Å². The molecule has 20 heavy (non-hydrogen) atoms. The van der Waals surface area contributed by atoms with Crippen LogP contribution >= 0.6 is 0 Å². The molecular weight excluding hydrogens is 250 g/mol. The largest absolute Gasteiger partial charge is 0.478 e. The maximum Gasteiger partial charge on any atom is 0.335 e. The van der Waals surface area contributed by atoms with Crippen LogP contribution in [0.3, 0.4) is 0 Å². The first-order valence-electron chi connectivity index (χ1n) is 6.50. The average molecular weight is 265 g/mol. The van der Waals surface area contributed by atoms with Crippen LogP contribution in [0.1, 0.15) is 33.5 Å². The SMILES string of the molecule is N#Cc1ccc(CCCc2ccc(C(=O)O)cc2)cc1. The molecule has 0 fully saturated rings. The topological polar surface area (TPSA) is 61.1 Å². The molecule has 0 radical (unpaired) electrons. The Bertz CT molecular complexity index is 622. The molecule has 3 nitrogen and oxygen atoms in total. The predicted octanol–water partition coefficient (Wildman–Crippen LogP) is 3.43. The molecule has 0 atom stereocenters. The van der Waals surface area contributed by atoms with Gasteiger partial charge in [-0.05, 0) is 54.7 Å². The molecule has 0 amide bonds. The molecule has 0 aliphatic carbocycles. The van der Waals surface area contributed by atoms with E-state index < -0.39 is 5.97 Å². The molecule has 0 unspecified atom stereocenters. The fraction of sp³-hybridized carbons (Fsp3) is 0.176. The van der Waals surface area contributed by atoms with E-state index in [1.165, 1.54) is 5.56 Å². The maximum absolute atomic E-state index is 10.7. The lowest BCUT2D eigenvalue weighted by Crippen LogP contribution is -1.96. The van der Waals surface area contributed by atoms with Gasteiger partial charge in [-0.1, -0.05) is 24.3 Å². The highest BCUT2D eigenvalue weighted by atomic mass is 16.4. The van der Waals surface area contributed by atoms with Gasteiger partial charge >= 0.3 is 5.97 Å². The van der Waals surface area contributed by atoms with Gasteiger partial charge in [-0.15, -0.1) is 0 Å². The monoisotopic (exact) mass is 265 g/mol. The lowest BCUT2D eigenvalue weighted by atomic mass is 10.0. The fourth-order valence-corrected chi connectivity index (χ4v) is 2.06. The molecule has 0 aliphatic rings. The fourth-order valence-electron chi connectivity index (χ4n) is 2.06. The Morgan fingerprint density at radius 2 is 1.45 bits per heavy atom. The van der Waals surface area contributed by atoms with Gasteiger partial charge in [0.15, 0.2) is 0 Å². The van der Waals surface area contributed by atoms with E-state index in [0.717, 1.165) is 24.8 Å². The quantitative estimate of drug-likeness (QED) is 0.900. The normalized spacial score (nSPS) is 9.95. The van der Waals surface area contributed by atoms with Crippen molar-refractivity contribution in [2.24, 2.45) is 0 Å². The second kappa shape index (κ2) is 6.53. The number of aryl methyl sites for hydroxylation is 2. The zero-order valence-electron chi connectivity index (χ0n) is 11.0. The van der Waals surface area contributed by atoms with Gasteiger partial charge in [0, 0.05) is 0 Å². The molecule has 1 N–H and O–H groups in total. The van der Waals surface area contributed by atoms with Crippen molar-refractivity contribution >= 4 is 5.97 Å². The van der Waals surface area contributed by atoms with Gasteiger partial charge < -0.3 is 5.11 Å². The van der Waals surface area contributed by atoms with Gasteiger partial charge in [0.05, 0.1) is 17.2 Å². The Morgan fingerprint density at radius 1 is 0.950 bits per heavy atom. The number of benzene rings is 2. The van der Waals surface area contributed by atoms with Crippen molar-refractivity contribution in [3.8, 4) is 6.07 Å². The van der Waals surface area contributed by atoms with Gasteiger partial charge in [0.1, 0.15) is 0 Å². The first kappa shape index (κ1) is 13.8. The number of hydrogen-bond acceptors (Lipinski definition) is 2. The summed E-state index contributed by atoms with van der Waals surface area (Å²) in [7, 11) is 0. The number of nitriles is 1. The third kappa shape index (κ3) is 3.69. The number of nitrogens with zero attached hydrogens (tertiary/aromatic N) is 1. The molecule has 3 heteroatoms. The van der Waals surface area contributed by atoms with E-state index in [9.17, 15) is 4.79 Å². The third-order valence-electron chi connectivity index (χ3n) is 3.21. The molecule has 0 heterocycles. The summed E-state index contributed by atoms with van der Waals surface area (Å²) in [5, 5.41) is 17.5. The van der Waals surface area contributed by atoms with Crippen molar-refractivity contribution in [3.63, 3.8) is 0 Å². The second-order valence-corrected chi connectivity index (χ2v) is 4.66. The Labute approximate surface area is 118 Å². The summed E-state index contributed by atoms with van der Waals surface area (Å²) in [4.78, 5) is 10.7. The van der Waals surface area contributed by atoms with Gasteiger partial charge in [-0.2, -0.15) is 5.26 Å². The summed E-state index contributed by atoms with van der Waals surface area (Å²) >= 11 is 0. The molecule has 0 saturated carbocycles. The van der Waals surface area contributed by atoms with E-state index in [4.69, 9.17) is 10.4 Å². The predicted molar refractivity (Wildman–Crippen MR) is 76.6 cm³/mol. The van der Waals surface area contributed by atoms with Crippen molar-refractivity contribution in [1.29, 1.82) is 5.26 Å². The Hall–Kier alpha value is -2.60. The first-order chi connectivity index (χ1) is 9.69. The number of aromatic carboxylic acids is 1. The van der Waals surface area contributed by atoms with E-state index >= 15 is 0 Å². The average Bonchev–Trinajstić information content (AvgIpc) is 2.48. The Balaban J connectivity index is 1.86. The Kier molecular flexibility index (Phi) is 4.52. The van der Waals surface area contributed by atoms with Crippen molar-refractivity contribution < 1.29 is 9.90 Å². The van der Waals surface area contributed by atoms with Gasteiger partial charge in [-0.25, -0.2) is 4.79 Å². The molecule has 2 aromatic carbocycles. The molecule has 0 saturated heterocycles. The summed E-state index contributed by atoms with van der Waals surface area (Å²) in [6.07, 6.45) is 2.87. The van der Waals surface area contributed by atoms with Crippen LogP contribution in [-0.2, 0) is 12.8 Å². The molecule has 2 aromatic rings. The summed E-state index contributed by atoms with van der Waals surface area (Å²) in [6, 6.07) is 16.7. The second-order valence-electron chi connectivity index (χ2n) is 4.66. The third-order valence-corrected chi connectivity index (χ3v) is 3.21. The summed E-state index contributed by atoms with van der Waals surface area (Å²) in [5.41, 5.74) is 3.36. The van der Waals surface area contributed by atoms with Gasteiger partial charge in [0.2, 0.25) is 0 Å². The van der Waals surface area contributed by atoms with Crippen LogP contribution < -0.4 is 0 Å². The summed E-state index contributed by atoms with van der Waals surface area (Å²) in [6.45, 7) is 0. The zero-order chi connectivity index (χ0) is 14.4. The molecular formula is C17H15NO2. The molecule has 0 aliphatic heterocycles. The highest BCUT2D eigenvalue weighted by molar-refractivity contribution is 5.87. The van der Waals surface area contributed by atoms with Crippen LogP contribution in [0.2, 0.25) is 0 Å². The Morgan fingerprint density at radius 3 is 1.90 bits per heavy atom. The molecule has 2 rings (SSSR count). The van der Waals surface area contributed by atoms with Crippen LogP contribution in [-0.4, -0.2) is 11.1 Å². The first-order valence-corrected chi connectivity index (χ1v) is 6.50. The van der Waals surface area contributed by atoms with Gasteiger partial charge in [0.25, 0.3) is 0 Å². The summed E-state index contributed by atoms with van der Waals surface area (Å²) < 4.78 is 0. The lowest BCUT2D eigenvalue weighted by molar-refractivity contribution is 0.0697. The van der Waals surface area contributed by atoms with Crippen molar-refractivity contribution in [3.05, 3.63) is 70.8 Å². The van der Waals surface area contributed by atoms with Crippen LogP contribution in [0, 0.1) is 11.3 Å². The lowest BCUT2D eigenvalue weighted by Gasteiger charge is -2.03.